The minimum Gasteiger partial charge on any atom is -0.352 e. The van der Waals surface area contributed by atoms with Crippen LogP contribution in [-0.2, 0) is 10.0 Å². The number of nitrogens with zero attached hydrogens (tertiary/aromatic N) is 4. The van der Waals surface area contributed by atoms with Crippen LogP contribution in [-0.4, -0.2) is 49.1 Å². The number of aromatic nitrogens is 2. The van der Waals surface area contributed by atoms with Crippen LogP contribution in [0.2, 0.25) is 0 Å². The molecule has 2 aromatic rings. The van der Waals surface area contributed by atoms with Gasteiger partial charge < -0.3 is 4.90 Å². The minimum atomic E-state index is -3.62. The fourth-order valence-electron chi connectivity index (χ4n) is 2.76. The van der Waals surface area contributed by atoms with E-state index in [9.17, 15) is 12.8 Å². The van der Waals surface area contributed by atoms with Gasteiger partial charge in [-0.15, -0.1) is 5.10 Å². The third-order valence-electron chi connectivity index (χ3n) is 4.10. The molecular formula is C16H19FN4O2S. The van der Waals surface area contributed by atoms with Crippen LogP contribution < -0.4 is 4.90 Å². The summed E-state index contributed by atoms with van der Waals surface area (Å²) in [5.74, 6) is 0.310. The molecule has 0 spiro atoms. The summed E-state index contributed by atoms with van der Waals surface area (Å²) in [4.78, 5) is 2.17. The monoisotopic (exact) mass is 350 g/mol. The Labute approximate surface area is 141 Å². The molecule has 8 heteroatoms. The van der Waals surface area contributed by atoms with Crippen LogP contribution in [0.5, 0.6) is 0 Å². The highest BCUT2D eigenvalue weighted by Crippen LogP contribution is 2.23. The van der Waals surface area contributed by atoms with Crippen LogP contribution in [0.15, 0.2) is 35.2 Å². The molecule has 0 radical (unpaired) electrons. The van der Waals surface area contributed by atoms with Crippen LogP contribution >= 0.6 is 0 Å². The molecule has 3 rings (SSSR count). The van der Waals surface area contributed by atoms with Gasteiger partial charge in [-0.2, -0.15) is 9.40 Å². The van der Waals surface area contributed by atoms with E-state index in [-0.39, 0.29) is 4.90 Å². The Morgan fingerprint density at radius 1 is 1.00 bits per heavy atom. The number of hydrogen-bond donors (Lipinski definition) is 0. The van der Waals surface area contributed by atoms with E-state index >= 15 is 0 Å². The zero-order valence-corrected chi connectivity index (χ0v) is 14.4. The van der Waals surface area contributed by atoms with Crippen LogP contribution in [0.4, 0.5) is 10.2 Å². The summed E-state index contributed by atoms with van der Waals surface area (Å²) in [6, 6.07) is 7.52. The summed E-state index contributed by atoms with van der Waals surface area (Å²) in [5, 5.41) is 8.17. The van der Waals surface area contributed by atoms with Gasteiger partial charge >= 0.3 is 0 Å². The van der Waals surface area contributed by atoms with E-state index in [1.54, 1.807) is 6.92 Å². The van der Waals surface area contributed by atoms with Gasteiger partial charge in [0.25, 0.3) is 0 Å². The molecule has 0 unspecified atom stereocenters. The van der Waals surface area contributed by atoms with E-state index in [4.69, 9.17) is 0 Å². The number of anilines is 1. The second-order valence-corrected chi connectivity index (χ2v) is 7.74. The second kappa shape index (κ2) is 6.45. The van der Waals surface area contributed by atoms with Crippen LogP contribution in [0.1, 0.15) is 11.3 Å². The zero-order chi connectivity index (χ0) is 17.3. The molecule has 6 nitrogen and oxygen atoms in total. The number of hydrogen-bond acceptors (Lipinski definition) is 5. The summed E-state index contributed by atoms with van der Waals surface area (Å²) in [7, 11) is -3.62. The Bertz CT molecular complexity index is 832. The molecule has 24 heavy (non-hydrogen) atoms. The number of benzene rings is 1. The summed E-state index contributed by atoms with van der Waals surface area (Å²) in [5.41, 5.74) is 1.26. The molecule has 1 fully saturated rings. The van der Waals surface area contributed by atoms with Crippen molar-refractivity contribution in [2.45, 2.75) is 18.7 Å². The van der Waals surface area contributed by atoms with Crippen molar-refractivity contribution in [2.75, 3.05) is 31.1 Å². The van der Waals surface area contributed by atoms with Crippen molar-refractivity contribution in [3.8, 4) is 0 Å². The molecule has 0 aliphatic carbocycles. The molecule has 1 saturated heterocycles. The summed E-state index contributed by atoms with van der Waals surface area (Å²) < 4.78 is 40.2. The highest BCUT2D eigenvalue weighted by atomic mass is 32.2. The fraction of sp³-hybridized carbons (Fsp3) is 0.375. The maximum Gasteiger partial charge on any atom is 0.243 e. The van der Waals surface area contributed by atoms with Crippen molar-refractivity contribution in [3.05, 3.63) is 47.4 Å². The molecule has 0 N–H and O–H groups in total. The van der Waals surface area contributed by atoms with Crippen LogP contribution in [0, 0.1) is 19.7 Å². The molecule has 2 heterocycles. The van der Waals surface area contributed by atoms with Crippen molar-refractivity contribution < 1.29 is 12.8 Å². The van der Waals surface area contributed by atoms with Gasteiger partial charge in [-0.05, 0) is 49.7 Å². The number of sulfonamides is 1. The molecule has 0 bridgehead atoms. The van der Waals surface area contributed by atoms with E-state index in [0.717, 1.165) is 11.5 Å². The van der Waals surface area contributed by atoms with Crippen molar-refractivity contribution in [2.24, 2.45) is 0 Å². The SMILES string of the molecule is Cc1ccc(N2CCN(S(=O)(=O)c3ccc(F)cc3C)CC2)nn1. The molecule has 0 saturated carbocycles. The first-order valence-corrected chi connectivity index (χ1v) is 9.13. The highest BCUT2D eigenvalue weighted by molar-refractivity contribution is 7.89. The first-order valence-electron chi connectivity index (χ1n) is 7.69. The first-order chi connectivity index (χ1) is 11.4. The normalized spacial score (nSPS) is 16.4. The van der Waals surface area contributed by atoms with Crippen molar-refractivity contribution in [1.29, 1.82) is 0 Å². The predicted molar refractivity (Wildman–Crippen MR) is 88.9 cm³/mol. The second-order valence-electron chi connectivity index (χ2n) is 5.83. The van der Waals surface area contributed by atoms with Gasteiger partial charge in [0.05, 0.1) is 10.6 Å². The smallest absolute Gasteiger partial charge is 0.243 e. The first kappa shape index (κ1) is 16.8. The Kier molecular flexibility index (Phi) is 4.51. The molecule has 1 aromatic heterocycles. The van der Waals surface area contributed by atoms with Gasteiger partial charge in [-0.3, -0.25) is 0 Å². The van der Waals surface area contributed by atoms with Crippen molar-refractivity contribution in [1.82, 2.24) is 14.5 Å². The summed E-state index contributed by atoms with van der Waals surface area (Å²) in [6.45, 7) is 5.26. The number of halogens is 1. The fourth-order valence-corrected chi connectivity index (χ4v) is 4.39. The van der Waals surface area contributed by atoms with Gasteiger partial charge in [0, 0.05) is 26.2 Å². The topological polar surface area (TPSA) is 66.4 Å². The third-order valence-corrected chi connectivity index (χ3v) is 6.16. The maximum atomic E-state index is 13.2. The molecule has 128 valence electrons. The van der Waals surface area contributed by atoms with Gasteiger partial charge in [0.2, 0.25) is 10.0 Å². The Morgan fingerprint density at radius 3 is 2.29 bits per heavy atom. The van der Waals surface area contributed by atoms with Crippen LogP contribution in [0.3, 0.4) is 0 Å². The lowest BCUT2D eigenvalue weighted by Gasteiger charge is -2.34. The Balaban J connectivity index is 1.75. The van der Waals surface area contributed by atoms with Gasteiger partial charge in [0.15, 0.2) is 5.82 Å². The van der Waals surface area contributed by atoms with E-state index in [1.807, 2.05) is 24.0 Å². The average molecular weight is 350 g/mol. The molecule has 0 amide bonds. The average Bonchev–Trinajstić information content (AvgIpc) is 2.55. The lowest BCUT2D eigenvalue weighted by Crippen LogP contribution is -2.49. The standard InChI is InChI=1S/C16H19FN4O2S/c1-12-11-14(17)4-5-15(12)24(22,23)21-9-7-20(8-10-21)16-6-3-13(2)18-19-16/h3-6,11H,7-10H2,1-2H3. The predicted octanol–water partition coefficient (Wildman–Crippen LogP) is 1.74. The van der Waals surface area contributed by atoms with E-state index in [1.165, 1.54) is 22.5 Å². The number of aryl methyl sites for hydroxylation is 2. The Hall–Kier alpha value is -2.06. The lowest BCUT2D eigenvalue weighted by atomic mass is 10.2. The number of rotatable bonds is 3. The molecule has 1 aromatic carbocycles. The van der Waals surface area contributed by atoms with Gasteiger partial charge in [-0.25, -0.2) is 12.8 Å². The minimum absolute atomic E-state index is 0.160. The zero-order valence-electron chi connectivity index (χ0n) is 13.6. The highest BCUT2D eigenvalue weighted by Gasteiger charge is 2.30. The lowest BCUT2D eigenvalue weighted by molar-refractivity contribution is 0.383. The largest absolute Gasteiger partial charge is 0.352 e. The summed E-state index contributed by atoms with van der Waals surface area (Å²) >= 11 is 0. The number of piperazine rings is 1. The molecule has 0 atom stereocenters. The quantitative estimate of drug-likeness (QED) is 0.844. The van der Waals surface area contributed by atoms with E-state index in [2.05, 4.69) is 10.2 Å². The van der Waals surface area contributed by atoms with E-state index < -0.39 is 15.8 Å². The van der Waals surface area contributed by atoms with Crippen LogP contribution in [0.25, 0.3) is 0 Å². The van der Waals surface area contributed by atoms with Gasteiger partial charge in [0.1, 0.15) is 5.82 Å². The maximum absolute atomic E-state index is 13.2. The molecular weight excluding hydrogens is 331 g/mol. The Morgan fingerprint density at radius 2 is 1.71 bits per heavy atom. The molecule has 1 aliphatic heterocycles. The van der Waals surface area contributed by atoms with Crippen molar-refractivity contribution in [3.63, 3.8) is 0 Å². The molecule has 1 aliphatic rings. The van der Waals surface area contributed by atoms with Gasteiger partial charge in [-0.1, -0.05) is 0 Å². The summed E-state index contributed by atoms with van der Waals surface area (Å²) in [6.07, 6.45) is 0. The van der Waals surface area contributed by atoms with E-state index in [0.29, 0.717) is 31.7 Å². The van der Waals surface area contributed by atoms with Crippen molar-refractivity contribution >= 4 is 15.8 Å². The third kappa shape index (κ3) is 3.25.